The van der Waals surface area contributed by atoms with Crippen molar-refractivity contribution in [3.63, 3.8) is 0 Å². The first kappa shape index (κ1) is 39.2. The summed E-state index contributed by atoms with van der Waals surface area (Å²) < 4.78 is 21.1. The fourth-order valence-electron chi connectivity index (χ4n) is 8.04. The van der Waals surface area contributed by atoms with Crippen molar-refractivity contribution in [3.05, 3.63) is 131 Å². The lowest BCUT2D eigenvalue weighted by Crippen LogP contribution is -2.49. The Bertz CT molecular complexity index is 2500. The van der Waals surface area contributed by atoms with Gasteiger partial charge >= 0.3 is 11.8 Å². The van der Waals surface area contributed by atoms with Crippen molar-refractivity contribution in [2.45, 2.75) is 65.3 Å². The monoisotopic (exact) mass is 795 g/mol. The second-order valence-electron chi connectivity index (χ2n) is 16.3. The Morgan fingerprint density at radius 1 is 0.780 bits per heavy atom. The van der Waals surface area contributed by atoms with Crippen LogP contribution in [0.3, 0.4) is 0 Å². The minimum atomic E-state index is -0.623. The fraction of sp³-hybridized carbons (Fsp3) is 0.326. The van der Waals surface area contributed by atoms with Crippen LogP contribution in [0.5, 0.6) is 11.8 Å². The Kier molecular flexibility index (Phi) is 10.8. The average molecular weight is 796 g/mol. The minimum Gasteiger partial charge on any atom is -0.473 e. The third-order valence-electron chi connectivity index (χ3n) is 11.1. The lowest BCUT2D eigenvalue weighted by atomic mass is 9.71. The van der Waals surface area contributed by atoms with Crippen LogP contribution >= 0.6 is 0 Å². The van der Waals surface area contributed by atoms with Gasteiger partial charge in [-0.3, -0.25) is 19.2 Å². The van der Waals surface area contributed by atoms with E-state index in [0.29, 0.717) is 48.5 Å². The molecule has 0 unspecified atom stereocenters. The SMILES string of the molecule is Cn1c(=O)n(-c2ccc(OCc3ccccc3)nc2OCc2ccccc2)c2cccc(N3CCC4(CC3)CCN(c3ccc(NC(=O)OC(C)(C)C)nc3)C(=O)C4)c21. The number of anilines is 3. The number of rotatable bonds is 10. The molecule has 1 N–H and O–H groups in total. The molecule has 2 aliphatic rings. The molecule has 59 heavy (non-hydrogen) atoms. The predicted octanol–water partition coefficient (Wildman–Crippen LogP) is 8.04. The van der Waals surface area contributed by atoms with Gasteiger partial charge in [-0.2, -0.15) is 4.98 Å². The van der Waals surface area contributed by atoms with Crippen LogP contribution in [0.15, 0.2) is 114 Å². The highest BCUT2D eigenvalue weighted by atomic mass is 16.6. The normalized spacial score (nSPS) is 15.4. The van der Waals surface area contributed by atoms with Gasteiger partial charge in [0.05, 0.1) is 28.6 Å². The molecule has 8 rings (SSSR count). The zero-order valence-electron chi connectivity index (χ0n) is 33.9. The molecular formula is C46H49N7O6. The van der Waals surface area contributed by atoms with Gasteiger partial charge in [0.1, 0.15) is 30.3 Å². The van der Waals surface area contributed by atoms with E-state index in [-0.39, 0.29) is 23.6 Å². The third-order valence-corrected chi connectivity index (χ3v) is 11.1. The summed E-state index contributed by atoms with van der Waals surface area (Å²) >= 11 is 0. The zero-order chi connectivity index (χ0) is 41.1. The number of piperidine rings is 2. The van der Waals surface area contributed by atoms with E-state index < -0.39 is 11.7 Å². The van der Waals surface area contributed by atoms with E-state index in [1.807, 2.05) is 78.9 Å². The molecule has 5 heterocycles. The number of benzene rings is 3. The van der Waals surface area contributed by atoms with Crippen LogP contribution in [0.2, 0.25) is 0 Å². The van der Waals surface area contributed by atoms with Gasteiger partial charge in [-0.05, 0) is 86.9 Å². The van der Waals surface area contributed by atoms with Gasteiger partial charge in [0.15, 0.2) is 0 Å². The van der Waals surface area contributed by atoms with Gasteiger partial charge in [0.25, 0.3) is 0 Å². The Hall–Kier alpha value is -6.63. The van der Waals surface area contributed by atoms with Gasteiger partial charge in [0.2, 0.25) is 17.7 Å². The molecule has 304 valence electrons. The van der Waals surface area contributed by atoms with E-state index in [9.17, 15) is 14.4 Å². The smallest absolute Gasteiger partial charge is 0.413 e. The number of carbonyl (C=O) groups is 2. The molecule has 0 bridgehead atoms. The summed E-state index contributed by atoms with van der Waals surface area (Å²) in [5.74, 6) is 1.11. The molecule has 2 fully saturated rings. The van der Waals surface area contributed by atoms with Crippen molar-refractivity contribution in [1.29, 1.82) is 0 Å². The first-order valence-electron chi connectivity index (χ1n) is 20.0. The number of amides is 2. The van der Waals surface area contributed by atoms with Crippen molar-refractivity contribution in [1.82, 2.24) is 19.1 Å². The molecule has 2 amide bonds. The number of carbonyl (C=O) groups excluding carboxylic acids is 2. The molecule has 2 aliphatic heterocycles. The van der Waals surface area contributed by atoms with E-state index in [1.165, 1.54) is 0 Å². The number of fused-ring (bicyclic) bond motifs is 1. The number of para-hydroxylation sites is 1. The molecule has 2 saturated heterocycles. The minimum absolute atomic E-state index is 0.0660. The standard InChI is InChI=1S/C46H49N7O6/c1-45(2,3)59-43(55)48-38-20-18-34(29-47-38)52-27-24-46(28-40(52)54)22-25-51(26-23-46)35-16-11-17-36-41(35)50(4)44(56)53(36)37-19-21-39(57-30-32-12-7-5-8-13-32)49-42(37)58-31-33-14-9-6-10-15-33/h5-21,29H,22-28,30-31H2,1-4H3,(H,47,48,55). The summed E-state index contributed by atoms with van der Waals surface area (Å²) in [5, 5.41) is 2.64. The van der Waals surface area contributed by atoms with Crippen molar-refractivity contribution in [2.75, 3.05) is 34.8 Å². The van der Waals surface area contributed by atoms with E-state index in [2.05, 4.69) is 21.3 Å². The quantitative estimate of drug-likeness (QED) is 0.146. The number of pyridine rings is 2. The van der Waals surface area contributed by atoms with Gasteiger partial charge in [0, 0.05) is 39.2 Å². The first-order valence-corrected chi connectivity index (χ1v) is 20.0. The summed E-state index contributed by atoms with van der Waals surface area (Å²) in [6, 6.07) is 32.8. The molecule has 13 nitrogen and oxygen atoms in total. The highest BCUT2D eigenvalue weighted by Crippen LogP contribution is 2.44. The lowest BCUT2D eigenvalue weighted by molar-refractivity contribution is -0.123. The molecule has 0 atom stereocenters. The molecule has 3 aromatic carbocycles. The number of aryl methyl sites for hydroxylation is 1. The zero-order valence-corrected chi connectivity index (χ0v) is 33.9. The molecule has 13 heteroatoms. The van der Waals surface area contributed by atoms with E-state index in [4.69, 9.17) is 19.2 Å². The molecule has 0 saturated carbocycles. The van der Waals surface area contributed by atoms with Crippen molar-refractivity contribution in [3.8, 4) is 17.4 Å². The number of hydrogen-bond donors (Lipinski definition) is 1. The van der Waals surface area contributed by atoms with Gasteiger partial charge in [-0.1, -0.05) is 66.7 Å². The van der Waals surface area contributed by atoms with Crippen LogP contribution in [0.4, 0.5) is 22.0 Å². The van der Waals surface area contributed by atoms with E-state index >= 15 is 0 Å². The van der Waals surface area contributed by atoms with Gasteiger partial charge in [-0.25, -0.2) is 14.6 Å². The molecule has 0 radical (unpaired) electrons. The molecule has 0 aliphatic carbocycles. The number of imidazole rings is 1. The molecule has 6 aromatic rings. The van der Waals surface area contributed by atoms with E-state index in [1.54, 1.807) is 66.2 Å². The summed E-state index contributed by atoms with van der Waals surface area (Å²) in [6.07, 6.45) is 4.04. The van der Waals surface area contributed by atoms with Crippen LogP contribution in [-0.4, -0.2) is 56.3 Å². The summed E-state index contributed by atoms with van der Waals surface area (Å²) in [4.78, 5) is 53.3. The summed E-state index contributed by atoms with van der Waals surface area (Å²) in [5.41, 5.74) is 4.78. The number of aromatic nitrogens is 4. The Morgan fingerprint density at radius 2 is 1.46 bits per heavy atom. The maximum atomic E-state index is 14.2. The van der Waals surface area contributed by atoms with Gasteiger partial charge in [-0.15, -0.1) is 0 Å². The highest BCUT2D eigenvalue weighted by molar-refractivity contribution is 5.95. The summed E-state index contributed by atoms with van der Waals surface area (Å²) in [7, 11) is 1.80. The second kappa shape index (κ2) is 16.3. The van der Waals surface area contributed by atoms with Crippen molar-refractivity contribution in [2.24, 2.45) is 12.5 Å². The number of nitrogens with one attached hydrogen (secondary N) is 1. The van der Waals surface area contributed by atoms with Gasteiger partial charge < -0.3 is 24.0 Å². The average Bonchev–Trinajstić information content (AvgIpc) is 3.48. The maximum Gasteiger partial charge on any atom is 0.413 e. The van der Waals surface area contributed by atoms with Crippen LogP contribution in [0, 0.1) is 5.41 Å². The number of ether oxygens (including phenoxy) is 3. The van der Waals surface area contributed by atoms with Crippen LogP contribution < -0.4 is 30.3 Å². The fourth-order valence-corrected chi connectivity index (χ4v) is 8.04. The Labute approximate surface area is 343 Å². The predicted molar refractivity (Wildman–Crippen MR) is 227 cm³/mol. The molecule has 1 spiro atoms. The number of nitrogens with zero attached hydrogens (tertiary/aromatic N) is 6. The molecular weight excluding hydrogens is 747 g/mol. The van der Waals surface area contributed by atoms with Crippen molar-refractivity contribution >= 4 is 40.2 Å². The first-order chi connectivity index (χ1) is 28.5. The molecule has 3 aromatic heterocycles. The third kappa shape index (κ3) is 8.64. The Balaban J connectivity index is 0.988. The highest BCUT2D eigenvalue weighted by Gasteiger charge is 2.42. The number of hydrogen-bond acceptors (Lipinski definition) is 9. The topological polar surface area (TPSA) is 133 Å². The lowest BCUT2D eigenvalue weighted by Gasteiger charge is -2.46. The van der Waals surface area contributed by atoms with Crippen molar-refractivity contribution < 1.29 is 23.8 Å². The van der Waals surface area contributed by atoms with Crippen LogP contribution in [0.1, 0.15) is 57.6 Å². The Morgan fingerprint density at radius 3 is 2.10 bits per heavy atom. The second-order valence-corrected chi connectivity index (χ2v) is 16.3. The maximum absolute atomic E-state index is 14.2. The van der Waals surface area contributed by atoms with E-state index in [0.717, 1.165) is 60.2 Å². The van der Waals surface area contributed by atoms with Crippen LogP contribution in [-0.2, 0) is 29.8 Å². The van der Waals surface area contributed by atoms with Crippen LogP contribution in [0.25, 0.3) is 16.7 Å². The summed E-state index contributed by atoms with van der Waals surface area (Å²) in [6.45, 7) is 8.08. The largest absolute Gasteiger partial charge is 0.473 e.